The van der Waals surface area contributed by atoms with Crippen LogP contribution in [0.2, 0.25) is 5.02 Å². The number of sulfonamides is 1. The first-order chi connectivity index (χ1) is 11.8. The summed E-state index contributed by atoms with van der Waals surface area (Å²) in [5.74, 6) is -0.392. The van der Waals surface area contributed by atoms with Gasteiger partial charge in [-0.25, -0.2) is 8.42 Å². The number of thiazole rings is 1. The van der Waals surface area contributed by atoms with Gasteiger partial charge in [0.25, 0.3) is 0 Å². The highest BCUT2D eigenvalue weighted by Gasteiger charge is 2.22. The minimum atomic E-state index is -3.64. The normalized spacial score (nSPS) is 11.7. The third kappa shape index (κ3) is 4.49. The molecule has 1 aromatic heterocycles. The van der Waals surface area contributed by atoms with Gasteiger partial charge in [-0.05, 0) is 18.2 Å². The highest BCUT2D eigenvalue weighted by molar-refractivity contribution is 7.89. The lowest BCUT2D eigenvalue weighted by atomic mass is 10.3. The smallest absolute Gasteiger partial charge is 0.244 e. The molecule has 0 atom stereocenters. The first-order valence-corrected chi connectivity index (χ1v) is 10.3. The number of nitrogens with zero attached hydrogens (tertiary/aromatic N) is 2. The summed E-state index contributed by atoms with van der Waals surface area (Å²) in [6.07, 6.45) is 1.63. The predicted molar refractivity (Wildman–Crippen MR) is 98.4 cm³/mol. The molecule has 0 aliphatic carbocycles. The van der Waals surface area contributed by atoms with Crippen LogP contribution in [0.5, 0.6) is 0 Å². The van der Waals surface area contributed by atoms with E-state index in [4.69, 9.17) is 17.0 Å². The van der Waals surface area contributed by atoms with Gasteiger partial charge in [-0.2, -0.15) is 4.31 Å². The van der Waals surface area contributed by atoms with Gasteiger partial charge in [0, 0.05) is 24.7 Å². The van der Waals surface area contributed by atoms with E-state index in [0.717, 1.165) is 0 Å². The number of carbonyl (C=O) groups excluding carboxylic acids is 1. The maximum atomic E-state index is 12.6. The van der Waals surface area contributed by atoms with Gasteiger partial charge in [-0.1, -0.05) is 25.4 Å². The average Bonchev–Trinajstić information content (AvgIpc) is 2.95. The van der Waals surface area contributed by atoms with E-state index in [1.165, 1.54) is 38.4 Å². The van der Waals surface area contributed by atoms with Crippen LogP contribution in [-0.4, -0.2) is 36.3 Å². The molecule has 0 bridgehead atoms. The van der Waals surface area contributed by atoms with Crippen LogP contribution < -0.4 is 10.1 Å². The standard InChI is InChI=1S/C15H19ClN4O3S2/c1-3-20(4-2)25(22,23)11-5-6-12(16)13(9-11)18-14(21)10-19-7-8-24-15(19)17/h5-9,17H,3-4,10H2,1-2H3,(H,18,21). The van der Waals surface area contributed by atoms with Gasteiger partial charge >= 0.3 is 0 Å². The van der Waals surface area contributed by atoms with Crippen molar-refractivity contribution < 1.29 is 13.2 Å². The third-order valence-corrected chi connectivity index (χ3v) is 6.64. The highest BCUT2D eigenvalue weighted by atomic mass is 35.5. The van der Waals surface area contributed by atoms with Crippen molar-refractivity contribution in [1.29, 1.82) is 5.41 Å². The summed E-state index contributed by atoms with van der Waals surface area (Å²) >= 11 is 7.29. The highest BCUT2D eigenvalue weighted by Crippen LogP contribution is 2.27. The lowest BCUT2D eigenvalue weighted by Gasteiger charge is -2.19. The summed E-state index contributed by atoms with van der Waals surface area (Å²) in [6, 6.07) is 4.22. The molecular weight excluding hydrogens is 384 g/mol. The fourth-order valence-corrected chi connectivity index (χ4v) is 4.49. The second-order valence-corrected chi connectivity index (χ2v) is 8.35. The van der Waals surface area contributed by atoms with Crippen molar-refractivity contribution in [2.75, 3.05) is 18.4 Å². The van der Waals surface area contributed by atoms with Gasteiger partial charge in [0.1, 0.15) is 6.54 Å². The number of rotatable bonds is 7. The summed E-state index contributed by atoms with van der Waals surface area (Å²) in [5.41, 5.74) is 0.224. The maximum Gasteiger partial charge on any atom is 0.244 e. The molecule has 0 spiro atoms. The van der Waals surface area contributed by atoms with E-state index < -0.39 is 15.9 Å². The monoisotopic (exact) mass is 402 g/mol. The number of hydrogen-bond donors (Lipinski definition) is 2. The van der Waals surface area contributed by atoms with Crippen LogP contribution in [0.15, 0.2) is 34.7 Å². The molecule has 7 nitrogen and oxygen atoms in total. The molecule has 25 heavy (non-hydrogen) atoms. The number of hydrogen-bond acceptors (Lipinski definition) is 5. The van der Waals surface area contributed by atoms with E-state index in [-0.39, 0.29) is 27.0 Å². The first kappa shape index (κ1) is 19.6. The molecule has 0 aliphatic rings. The molecule has 2 aromatic rings. The van der Waals surface area contributed by atoms with Crippen molar-refractivity contribution in [1.82, 2.24) is 8.87 Å². The predicted octanol–water partition coefficient (Wildman–Crippen LogP) is 2.35. The van der Waals surface area contributed by atoms with Gasteiger partial charge in [0.15, 0.2) is 4.80 Å². The van der Waals surface area contributed by atoms with Gasteiger partial charge in [-0.3, -0.25) is 10.2 Å². The molecule has 1 heterocycles. The van der Waals surface area contributed by atoms with E-state index in [2.05, 4.69) is 5.32 Å². The molecule has 0 aliphatic heterocycles. The van der Waals surface area contributed by atoms with Gasteiger partial charge in [-0.15, -0.1) is 11.3 Å². The number of carbonyl (C=O) groups is 1. The Hall–Kier alpha value is -1.68. The molecule has 10 heteroatoms. The fraction of sp³-hybridized carbons (Fsp3) is 0.333. The van der Waals surface area contributed by atoms with Crippen molar-refractivity contribution >= 4 is 44.6 Å². The third-order valence-electron chi connectivity index (χ3n) is 3.55. The number of nitrogens with one attached hydrogen (secondary N) is 2. The van der Waals surface area contributed by atoms with Crippen LogP contribution in [0.4, 0.5) is 5.69 Å². The van der Waals surface area contributed by atoms with Gasteiger partial charge in [0.2, 0.25) is 15.9 Å². The Morgan fingerprint density at radius 1 is 1.36 bits per heavy atom. The minimum Gasteiger partial charge on any atom is -0.323 e. The zero-order valence-electron chi connectivity index (χ0n) is 13.8. The Kier molecular flexibility index (Phi) is 6.39. The van der Waals surface area contributed by atoms with Crippen LogP contribution in [0.25, 0.3) is 0 Å². The van der Waals surface area contributed by atoms with Crippen LogP contribution >= 0.6 is 22.9 Å². The summed E-state index contributed by atoms with van der Waals surface area (Å²) in [6.45, 7) is 4.17. The van der Waals surface area contributed by atoms with E-state index >= 15 is 0 Å². The molecule has 1 amide bonds. The largest absolute Gasteiger partial charge is 0.323 e. The van der Waals surface area contributed by atoms with Crippen molar-refractivity contribution in [2.45, 2.75) is 25.3 Å². The second-order valence-electron chi connectivity index (χ2n) is 5.12. The Labute approximate surface area is 155 Å². The minimum absolute atomic E-state index is 0.0499. The lowest BCUT2D eigenvalue weighted by Crippen LogP contribution is -2.30. The summed E-state index contributed by atoms with van der Waals surface area (Å²) in [7, 11) is -3.64. The van der Waals surface area contributed by atoms with E-state index in [9.17, 15) is 13.2 Å². The van der Waals surface area contributed by atoms with E-state index in [0.29, 0.717) is 13.1 Å². The average molecular weight is 403 g/mol. The Morgan fingerprint density at radius 2 is 2.04 bits per heavy atom. The number of anilines is 1. The van der Waals surface area contributed by atoms with Crippen LogP contribution in [0.3, 0.4) is 0 Å². The number of aromatic nitrogens is 1. The molecule has 136 valence electrons. The Bertz CT molecular complexity index is 917. The zero-order valence-corrected chi connectivity index (χ0v) is 16.2. The Morgan fingerprint density at radius 3 is 2.60 bits per heavy atom. The van der Waals surface area contributed by atoms with Crippen LogP contribution in [-0.2, 0) is 21.4 Å². The Balaban J connectivity index is 2.26. The molecular formula is C15H19ClN4O3S2. The van der Waals surface area contributed by atoms with Crippen molar-refractivity contribution in [3.8, 4) is 0 Å². The van der Waals surface area contributed by atoms with Crippen LogP contribution in [0, 0.1) is 5.41 Å². The number of halogens is 1. The summed E-state index contributed by atoms with van der Waals surface area (Å²) in [5, 5.41) is 12.2. The van der Waals surface area contributed by atoms with Crippen LogP contribution in [0.1, 0.15) is 13.8 Å². The summed E-state index contributed by atoms with van der Waals surface area (Å²) < 4.78 is 28.0. The quantitative estimate of drug-likeness (QED) is 0.744. The van der Waals surface area contributed by atoms with Gasteiger partial charge < -0.3 is 9.88 Å². The number of benzene rings is 1. The second kappa shape index (κ2) is 8.13. The SMILES string of the molecule is CCN(CC)S(=O)(=O)c1ccc(Cl)c(NC(=O)Cn2ccsc2=N)c1. The molecule has 0 fully saturated rings. The van der Waals surface area contributed by atoms with E-state index in [1.54, 1.807) is 25.4 Å². The molecule has 0 unspecified atom stereocenters. The van der Waals surface area contributed by atoms with Crippen molar-refractivity contribution in [3.63, 3.8) is 0 Å². The molecule has 2 rings (SSSR count). The first-order valence-electron chi connectivity index (χ1n) is 7.57. The maximum absolute atomic E-state index is 12.6. The molecule has 1 aromatic carbocycles. The lowest BCUT2D eigenvalue weighted by molar-refractivity contribution is -0.116. The molecule has 2 N–H and O–H groups in total. The van der Waals surface area contributed by atoms with Crippen molar-refractivity contribution in [2.24, 2.45) is 0 Å². The fourth-order valence-electron chi connectivity index (χ4n) is 2.25. The molecule has 0 radical (unpaired) electrons. The van der Waals surface area contributed by atoms with E-state index in [1.807, 2.05) is 0 Å². The topological polar surface area (TPSA) is 95.3 Å². The van der Waals surface area contributed by atoms with Gasteiger partial charge in [0.05, 0.1) is 15.6 Å². The zero-order chi connectivity index (χ0) is 18.6. The summed E-state index contributed by atoms with van der Waals surface area (Å²) in [4.78, 5) is 12.5. The molecule has 0 saturated heterocycles. The van der Waals surface area contributed by atoms with Crippen molar-refractivity contribution in [3.05, 3.63) is 39.6 Å². The number of amides is 1. The molecule has 0 saturated carbocycles.